The molecule has 0 amide bonds. The molecule has 30 heavy (non-hydrogen) atoms. The number of allylic oxidation sites excluding steroid dienone is 2. The summed E-state index contributed by atoms with van der Waals surface area (Å²) in [6, 6.07) is 0. The summed E-state index contributed by atoms with van der Waals surface area (Å²) in [6.45, 7) is 8.09. The first kappa shape index (κ1) is 20.1. The zero-order valence-corrected chi connectivity index (χ0v) is 17.8. The highest BCUT2D eigenvalue weighted by Gasteiger charge is 2.59. The van der Waals surface area contributed by atoms with E-state index >= 15 is 0 Å². The molecule has 4 nitrogen and oxygen atoms in total. The number of Topliss-reactive ketones (excluding diaryl/α,β-unsaturated/α-hetero) is 4. The molecule has 2 spiro atoms. The summed E-state index contributed by atoms with van der Waals surface area (Å²) in [5.41, 5.74) is 1.72. The van der Waals surface area contributed by atoms with Gasteiger partial charge in [0, 0.05) is 48.3 Å². The Morgan fingerprint density at radius 3 is 1.47 bits per heavy atom. The Bertz CT molecular complexity index is 809. The van der Waals surface area contributed by atoms with Crippen LogP contribution in [0.25, 0.3) is 0 Å². The van der Waals surface area contributed by atoms with Crippen LogP contribution in [-0.2, 0) is 19.2 Å². The van der Waals surface area contributed by atoms with Crippen LogP contribution >= 0.6 is 0 Å². The number of ketones is 4. The highest BCUT2D eigenvalue weighted by molar-refractivity contribution is 5.97. The normalized spacial score (nSPS) is 44.4. The lowest BCUT2D eigenvalue weighted by Crippen LogP contribution is -2.46. The molecule has 0 aromatic heterocycles. The van der Waals surface area contributed by atoms with Gasteiger partial charge in [-0.05, 0) is 63.2 Å². The van der Waals surface area contributed by atoms with Crippen LogP contribution in [0.5, 0.6) is 0 Å². The molecule has 160 valence electrons. The summed E-state index contributed by atoms with van der Waals surface area (Å²) in [5, 5.41) is 0. The first-order valence-corrected chi connectivity index (χ1v) is 11.7. The molecule has 0 unspecified atom stereocenters. The van der Waals surface area contributed by atoms with Crippen molar-refractivity contribution in [1.82, 2.24) is 0 Å². The number of hydrogen-bond donors (Lipinski definition) is 0. The number of hydrogen-bond acceptors (Lipinski definition) is 4. The van der Waals surface area contributed by atoms with Gasteiger partial charge in [-0.3, -0.25) is 19.2 Å². The van der Waals surface area contributed by atoms with Crippen LogP contribution < -0.4 is 0 Å². The molecule has 0 radical (unpaired) electrons. The Morgan fingerprint density at radius 1 is 0.667 bits per heavy atom. The van der Waals surface area contributed by atoms with Crippen LogP contribution in [0.2, 0.25) is 0 Å². The van der Waals surface area contributed by atoms with E-state index in [1.807, 2.05) is 0 Å². The van der Waals surface area contributed by atoms with Gasteiger partial charge in [0.25, 0.3) is 0 Å². The predicted octanol–water partition coefficient (Wildman–Crippen LogP) is 4.56. The third-order valence-corrected chi connectivity index (χ3v) is 9.37. The molecule has 0 heterocycles. The van der Waals surface area contributed by atoms with Crippen molar-refractivity contribution in [3.63, 3.8) is 0 Å². The third kappa shape index (κ3) is 2.71. The third-order valence-electron chi connectivity index (χ3n) is 9.37. The number of carbonyl (C=O) groups excluding carboxylic acids is 4. The fourth-order valence-electron chi connectivity index (χ4n) is 7.88. The Labute approximate surface area is 178 Å². The molecule has 0 aromatic rings. The van der Waals surface area contributed by atoms with Crippen LogP contribution in [0.4, 0.5) is 0 Å². The first-order valence-electron chi connectivity index (χ1n) is 11.7. The minimum atomic E-state index is -0.296. The smallest absolute Gasteiger partial charge is 0.140 e. The zero-order chi connectivity index (χ0) is 21.3. The van der Waals surface area contributed by atoms with E-state index in [9.17, 15) is 19.2 Å². The largest absolute Gasteiger partial charge is 0.299 e. The van der Waals surface area contributed by atoms with Gasteiger partial charge < -0.3 is 0 Å². The maximum atomic E-state index is 12.1. The topological polar surface area (TPSA) is 68.3 Å². The van der Waals surface area contributed by atoms with Crippen LogP contribution in [-0.4, -0.2) is 23.1 Å². The minimum Gasteiger partial charge on any atom is -0.299 e. The molecule has 6 aliphatic rings. The standard InChI is InChI=1S/2C13H16O2/c2*1-8-6-13-7-9(8)5-11(14)10(13)3-2-4-12(13)15/h2*9-10H,1-7H2/t2*9-,10-,13+/m10/s1. The van der Waals surface area contributed by atoms with E-state index in [1.54, 1.807) is 0 Å². The molecular formula is C26H32O4. The van der Waals surface area contributed by atoms with Crippen LogP contribution in [0.15, 0.2) is 24.3 Å². The average molecular weight is 409 g/mol. The average Bonchev–Trinajstić information content (AvgIpc) is 3.12. The lowest BCUT2D eigenvalue weighted by molar-refractivity contribution is -0.146. The molecule has 0 N–H and O–H groups in total. The highest BCUT2D eigenvalue weighted by atomic mass is 16.1. The summed E-state index contributed by atoms with van der Waals surface area (Å²) in [7, 11) is 0. The Hall–Kier alpha value is -1.84. The van der Waals surface area contributed by atoms with Crippen LogP contribution in [0, 0.1) is 34.5 Å². The molecule has 6 fully saturated rings. The van der Waals surface area contributed by atoms with Gasteiger partial charge in [0.2, 0.25) is 0 Å². The van der Waals surface area contributed by atoms with Crippen molar-refractivity contribution < 1.29 is 19.2 Å². The summed E-state index contributed by atoms with van der Waals surface area (Å²) in [4.78, 5) is 48.2. The molecule has 0 aliphatic heterocycles. The number of carbonyl (C=O) groups is 4. The van der Waals surface area contributed by atoms with Crippen molar-refractivity contribution in [1.29, 1.82) is 0 Å². The van der Waals surface area contributed by atoms with Crippen molar-refractivity contribution in [3.05, 3.63) is 24.3 Å². The first-order chi connectivity index (χ1) is 14.3. The van der Waals surface area contributed by atoms with Crippen LogP contribution in [0.3, 0.4) is 0 Å². The monoisotopic (exact) mass is 408 g/mol. The molecular weight excluding hydrogens is 376 g/mol. The van der Waals surface area contributed by atoms with E-state index in [0.29, 0.717) is 60.7 Å². The van der Waals surface area contributed by atoms with E-state index < -0.39 is 0 Å². The molecule has 0 saturated heterocycles. The van der Waals surface area contributed by atoms with E-state index in [-0.39, 0.29) is 22.7 Å². The second kappa shape index (κ2) is 6.83. The van der Waals surface area contributed by atoms with Crippen molar-refractivity contribution >= 4 is 23.1 Å². The molecule has 6 saturated carbocycles. The Kier molecular flexibility index (Phi) is 4.57. The molecule has 0 aromatic carbocycles. The minimum absolute atomic E-state index is 0.0363. The van der Waals surface area contributed by atoms with E-state index in [0.717, 1.165) is 62.5 Å². The quantitative estimate of drug-likeness (QED) is 0.551. The maximum Gasteiger partial charge on any atom is 0.140 e. The van der Waals surface area contributed by atoms with Gasteiger partial charge in [-0.15, -0.1) is 0 Å². The molecule has 6 aliphatic carbocycles. The molecule has 4 bridgehead atoms. The lowest BCUT2D eigenvalue weighted by atomic mass is 9.59. The number of rotatable bonds is 0. The van der Waals surface area contributed by atoms with Crippen molar-refractivity contribution in [3.8, 4) is 0 Å². The Balaban J connectivity index is 0.000000128. The molecule has 4 heteroatoms. The van der Waals surface area contributed by atoms with Crippen molar-refractivity contribution in [2.45, 2.75) is 77.0 Å². The van der Waals surface area contributed by atoms with Crippen molar-refractivity contribution in [2.75, 3.05) is 0 Å². The van der Waals surface area contributed by atoms with Gasteiger partial charge in [0.15, 0.2) is 0 Å². The van der Waals surface area contributed by atoms with Crippen LogP contribution in [0.1, 0.15) is 77.0 Å². The lowest BCUT2D eigenvalue weighted by Gasteiger charge is -2.41. The van der Waals surface area contributed by atoms with Gasteiger partial charge >= 0.3 is 0 Å². The second-order valence-electron chi connectivity index (χ2n) is 10.9. The predicted molar refractivity (Wildman–Crippen MR) is 113 cm³/mol. The fraction of sp³-hybridized carbons (Fsp3) is 0.692. The summed E-state index contributed by atoms with van der Waals surface area (Å²) < 4.78 is 0. The molecule has 6 atom stereocenters. The molecule has 6 rings (SSSR count). The summed E-state index contributed by atoms with van der Waals surface area (Å²) in [6.07, 6.45) is 9.80. The summed E-state index contributed by atoms with van der Waals surface area (Å²) >= 11 is 0. The van der Waals surface area contributed by atoms with Crippen molar-refractivity contribution in [2.24, 2.45) is 34.5 Å². The zero-order valence-electron chi connectivity index (χ0n) is 17.8. The number of fused-ring (bicyclic) bond motifs is 2. The van der Waals surface area contributed by atoms with Gasteiger partial charge in [0.05, 0.1) is 0 Å². The SMILES string of the molecule is C=C1C[C@@]23C[C@@H]1CC(=O)[C@@H]2CCCC3=O.C=C1C[C@]23C[C@H]1CC(=O)[C@H]2CCCC3=O. The Morgan fingerprint density at radius 2 is 1.07 bits per heavy atom. The highest BCUT2D eigenvalue weighted by Crippen LogP contribution is 2.60. The second-order valence-corrected chi connectivity index (χ2v) is 10.9. The van der Waals surface area contributed by atoms with E-state index in [2.05, 4.69) is 13.2 Å². The van der Waals surface area contributed by atoms with E-state index in [1.165, 1.54) is 0 Å². The van der Waals surface area contributed by atoms with Gasteiger partial charge in [-0.25, -0.2) is 0 Å². The van der Waals surface area contributed by atoms with Gasteiger partial charge in [-0.1, -0.05) is 24.3 Å². The van der Waals surface area contributed by atoms with Gasteiger partial charge in [0.1, 0.15) is 23.1 Å². The van der Waals surface area contributed by atoms with E-state index in [4.69, 9.17) is 0 Å². The maximum absolute atomic E-state index is 12.1. The summed E-state index contributed by atoms with van der Waals surface area (Å²) in [5.74, 6) is 2.05. The fourth-order valence-corrected chi connectivity index (χ4v) is 7.88. The van der Waals surface area contributed by atoms with Gasteiger partial charge in [-0.2, -0.15) is 0 Å².